The summed E-state index contributed by atoms with van der Waals surface area (Å²) in [6.45, 7) is 0.785. The maximum atomic E-state index is 10.7. The van der Waals surface area contributed by atoms with E-state index >= 15 is 0 Å². The molecule has 2 fully saturated rings. The number of phenolic OH excluding ortho intramolecular Hbond substituents is 2. The first-order chi connectivity index (χ1) is 21.4. The lowest BCUT2D eigenvalue weighted by molar-refractivity contribution is -0.287. The van der Waals surface area contributed by atoms with Gasteiger partial charge in [-0.2, -0.15) is 0 Å². The molecule has 0 spiro atoms. The molecule has 11 atom stereocenters. The van der Waals surface area contributed by atoms with Gasteiger partial charge in [0.15, 0.2) is 17.3 Å². The molecule has 10 N–H and O–H groups in total. The molecule has 0 saturated carbocycles. The first-order valence-electron chi connectivity index (χ1n) is 14.0. The predicted octanol–water partition coefficient (Wildman–Crippen LogP) is -1.53. The molecule has 16 heteroatoms. The zero-order valence-corrected chi connectivity index (χ0v) is 24.4. The van der Waals surface area contributed by atoms with Crippen molar-refractivity contribution in [3.8, 4) is 34.5 Å². The molecule has 1 unspecified atom stereocenters. The van der Waals surface area contributed by atoms with Crippen LogP contribution in [0.3, 0.4) is 0 Å². The van der Waals surface area contributed by atoms with Crippen molar-refractivity contribution in [3.63, 3.8) is 0 Å². The van der Waals surface area contributed by atoms with Crippen LogP contribution < -0.4 is 14.2 Å². The van der Waals surface area contributed by atoms with E-state index in [1.165, 1.54) is 51.5 Å². The smallest absolute Gasteiger partial charge is 0.270 e. The third-order valence-corrected chi connectivity index (χ3v) is 7.90. The zero-order valence-electron chi connectivity index (χ0n) is 24.4. The highest BCUT2D eigenvalue weighted by atomic mass is 16.7. The van der Waals surface area contributed by atoms with E-state index in [0.717, 1.165) is 0 Å². The van der Waals surface area contributed by atoms with Crippen molar-refractivity contribution in [2.75, 3.05) is 20.8 Å². The lowest BCUT2D eigenvalue weighted by Gasteiger charge is -2.40. The highest BCUT2D eigenvalue weighted by molar-refractivity contribution is 5.70. The molecule has 2 aromatic carbocycles. The number of aliphatic hydroxyl groups excluding tert-OH is 7. The van der Waals surface area contributed by atoms with Gasteiger partial charge in [0.05, 0.1) is 38.6 Å². The number of methoxy groups -OCH3 is 2. The molecule has 5 rings (SSSR count). The minimum atomic E-state index is -1.76. The van der Waals surface area contributed by atoms with Gasteiger partial charge in [-0.25, -0.2) is 0 Å². The topological polar surface area (TPSA) is 250 Å². The van der Waals surface area contributed by atoms with Crippen molar-refractivity contribution in [1.29, 1.82) is 0 Å². The van der Waals surface area contributed by atoms with E-state index in [1.54, 1.807) is 0 Å². The summed E-state index contributed by atoms with van der Waals surface area (Å²) in [4.78, 5) is 0. The third-order valence-electron chi connectivity index (χ3n) is 7.90. The Balaban J connectivity index is 1.58. The van der Waals surface area contributed by atoms with Crippen LogP contribution in [0.25, 0.3) is 6.08 Å². The Kier molecular flexibility index (Phi) is 9.50. The van der Waals surface area contributed by atoms with Crippen molar-refractivity contribution in [2.45, 2.75) is 74.4 Å². The van der Waals surface area contributed by atoms with Gasteiger partial charge in [0.25, 0.3) is 11.9 Å². The van der Waals surface area contributed by atoms with Crippen molar-refractivity contribution in [2.24, 2.45) is 0 Å². The Hall–Kier alpha value is -3.58. The van der Waals surface area contributed by atoms with E-state index in [2.05, 4.69) is 0 Å². The summed E-state index contributed by atoms with van der Waals surface area (Å²) in [6.07, 6.45) is -14.7. The fraction of sp³-hybridized carbons (Fsp3) is 0.517. The van der Waals surface area contributed by atoms with Crippen LogP contribution in [-0.4, -0.2) is 133 Å². The van der Waals surface area contributed by atoms with Crippen molar-refractivity contribution in [3.05, 3.63) is 41.2 Å². The van der Waals surface area contributed by atoms with Crippen LogP contribution in [0.5, 0.6) is 34.5 Å². The van der Waals surface area contributed by atoms with Gasteiger partial charge < -0.3 is 79.1 Å². The predicted molar refractivity (Wildman–Crippen MR) is 150 cm³/mol. The second-order valence-electron chi connectivity index (χ2n) is 10.8. The maximum absolute atomic E-state index is 10.7. The van der Waals surface area contributed by atoms with E-state index in [9.17, 15) is 46.0 Å². The van der Waals surface area contributed by atoms with Gasteiger partial charge in [-0.1, -0.05) is 0 Å². The number of rotatable bonds is 8. The van der Waals surface area contributed by atoms with Crippen LogP contribution >= 0.6 is 0 Å². The van der Waals surface area contributed by atoms with Crippen molar-refractivity contribution < 1.29 is 79.1 Å². The molecule has 0 amide bonds. The van der Waals surface area contributed by atoms with E-state index in [0.29, 0.717) is 5.56 Å². The summed E-state index contributed by atoms with van der Waals surface area (Å²) in [5.41, 5.74) is 0.532. The molecule has 2 saturated heterocycles. The van der Waals surface area contributed by atoms with Gasteiger partial charge in [0, 0.05) is 12.1 Å². The van der Waals surface area contributed by atoms with Crippen molar-refractivity contribution >= 4 is 6.08 Å². The fourth-order valence-corrected chi connectivity index (χ4v) is 5.31. The van der Waals surface area contributed by atoms with Gasteiger partial charge in [-0.05, 0) is 19.1 Å². The molecule has 3 aliphatic rings. The highest BCUT2D eigenvalue weighted by Crippen LogP contribution is 2.48. The molecule has 16 nitrogen and oxygen atoms in total. The lowest BCUT2D eigenvalue weighted by Crippen LogP contribution is -2.60. The Morgan fingerprint density at radius 1 is 0.733 bits per heavy atom. The standard InChI is InChI=1S/C29H36O16/c1-10-20(32)23(35)25(37)28(41-10)44-18-8-13-14(42-27(18)11-4-16(39-2)21(33)17(5-11)40-3)6-12(31)7-15(13)43-29-26(38)24(36)22(34)19(9-30)45-29/h4-8,10,19-20,22-38H,9H2,1-3H3/p+1/t10-,19+,20+,22-,23-,24+,25+,26+,27?,28+,29-/m1/s1. The van der Waals surface area contributed by atoms with Gasteiger partial charge in [-0.15, -0.1) is 0 Å². The monoisotopic (exact) mass is 641 g/mol. The maximum Gasteiger partial charge on any atom is 0.270 e. The SMILES string of the molecule is COc1cc(C2[OH+]c3cc(O)cc(O[C@@H]4O[C@@H](CO)[C@@H](O)[C@H](O)[C@@H]4O)c3C=C2O[C@@H]2O[C@H](C)[C@H](O)[C@@H](O)[C@@H]2O)cc(OC)c1O. The molecular formula is C29H37O16+. The molecule has 0 bridgehead atoms. The molecule has 248 valence electrons. The Morgan fingerprint density at radius 3 is 1.93 bits per heavy atom. The lowest BCUT2D eigenvalue weighted by atomic mass is 9.98. The number of hydrogen-bond donors (Lipinski definition) is 9. The van der Waals surface area contributed by atoms with Crippen LogP contribution in [0.15, 0.2) is 30.0 Å². The normalized spacial score (nSPS) is 34.6. The average Bonchev–Trinajstić information content (AvgIpc) is 3.02. The number of hydrogen-bond acceptors (Lipinski definition) is 15. The van der Waals surface area contributed by atoms with Crippen LogP contribution in [0, 0.1) is 0 Å². The van der Waals surface area contributed by atoms with E-state index in [-0.39, 0.29) is 45.8 Å². The summed E-state index contributed by atoms with van der Waals surface area (Å²) >= 11 is 0. The fourth-order valence-electron chi connectivity index (χ4n) is 5.31. The minimum absolute atomic E-state index is 0.00137. The van der Waals surface area contributed by atoms with E-state index in [1.807, 2.05) is 0 Å². The first kappa shape index (κ1) is 32.8. The summed E-state index contributed by atoms with van der Waals surface area (Å²) in [6, 6.07) is 5.40. The molecular weight excluding hydrogens is 604 g/mol. The number of benzene rings is 2. The van der Waals surface area contributed by atoms with Crippen LogP contribution in [0.4, 0.5) is 0 Å². The van der Waals surface area contributed by atoms with E-state index < -0.39 is 74.1 Å². The van der Waals surface area contributed by atoms with Crippen LogP contribution in [0.1, 0.15) is 24.2 Å². The first-order valence-corrected chi connectivity index (χ1v) is 14.0. The molecule has 0 radical (unpaired) electrons. The summed E-state index contributed by atoms with van der Waals surface area (Å²) in [7, 11) is 2.67. The third kappa shape index (κ3) is 6.16. The molecule has 3 heterocycles. The summed E-state index contributed by atoms with van der Waals surface area (Å²) in [5.74, 6) is -0.495. The van der Waals surface area contributed by atoms with Crippen LogP contribution in [-0.2, 0) is 14.2 Å². The summed E-state index contributed by atoms with van der Waals surface area (Å²) < 4.78 is 38.3. The van der Waals surface area contributed by atoms with Crippen LogP contribution in [0.2, 0.25) is 0 Å². The highest BCUT2D eigenvalue weighted by Gasteiger charge is 2.47. The van der Waals surface area contributed by atoms with Gasteiger partial charge in [-0.3, -0.25) is 0 Å². The van der Waals surface area contributed by atoms with Crippen molar-refractivity contribution in [1.82, 2.24) is 0 Å². The number of aliphatic hydroxyl groups is 8. The van der Waals surface area contributed by atoms with Gasteiger partial charge in [0.1, 0.15) is 59.8 Å². The number of aromatic hydroxyl groups is 3. The molecule has 45 heavy (non-hydrogen) atoms. The quantitative estimate of drug-likeness (QED) is 0.148. The second kappa shape index (κ2) is 13.0. The van der Waals surface area contributed by atoms with Gasteiger partial charge >= 0.3 is 0 Å². The number of ether oxygens (including phenoxy) is 7. The second-order valence-corrected chi connectivity index (χ2v) is 10.8. The Morgan fingerprint density at radius 2 is 1.33 bits per heavy atom. The largest absolute Gasteiger partial charge is 0.571 e. The molecule has 0 aliphatic carbocycles. The number of phenols is 2. The average molecular weight is 642 g/mol. The zero-order chi connectivity index (χ0) is 32.7. The molecule has 0 aromatic heterocycles. The van der Waals surface area contributed by atoms with Gasteiger partial charge in [0.2, 0.25) is 18.3 Å². The Labute approximate surface area is 256 Å². The molecule has 2 aromatic rings. The Bertz CT molecular complexity index is 1370. The number of fused-ring (bicyclic) bond motifs is 1. The minimum Gasteiger partial charge on any atom is -0.571 e. The summed E-state index contributed by atoms with van der Waals surface area (Å²) in [5, 5.41) is 92.7. The molecule has 3 aliphatic heterocycles. The van der Waals surface area contributed by atoms with E-state index in [4.69, 9.17) is 33.2 Å².